The lowest BCUT2D eigenvalue weighted by Gasteiger charge is -2.23. The summed E-state index contributed by atoms with van der Waals surface area (Å²) in [5.41, 5.74) is 2.42. The lowest BCUT2D eigenvalue weighted by atomic mass is 10.2. The summed E-state index contributed by atoms with van der Waals surface area (Å²) >= 11 is 1.59. The van der Waals surface area contributed by atoms with Crippen molar-refractivity contribution in [3.8, 4) is 0 Å². The van der Waals surface area contributed by atoms with Gasteiger partial charge >= 0.3 is 0 Å². The van der Waals surface area contributed by atoms with Gasteiger partial charge in [0.15, 0.2) is 0 Å². The summed E-state index contributed by atoms with van der Waals surface area (Å²) in [7, 11) is 1.82. The molecule has 4 heteroatoms. The highest BCUT2D eigenvalue weighted by Crippen LogP contribution is 2.25. The number of amides is 1. The summed E-state index contributed by atoms with van der Waals surface area (Å²) in [6.07, 6.45) is 1.63. The monoisotopic (exact) mass is 303 g/mol. The summed E-state index contributed by atoms with van der Waals surface area (Å²) in [5.74, 6) is 1.35. The van der Waals surface area contributed by atoms with Crippen LogP contribution in [0.15, 0.2) is 45.9 Å². The smallest absolute Gasteiger partial charge is 0.233 e. The van der Waals surface area contributed by atoms with Crippen molar-refractivity contribution in [3.63, 3.8) is 0 Å². The van der Waals surface area contributed by atoms with Crippen LogP contribution in [0, 0.1) is 13.8 Å². The third kappa shape index (κ3) is 3.91. The first-order chi connectivity index (χ1) is 9.99. The van der Waals surface area contributed by atoms with Crippen molar-refractivity contribution in [2.75, 3.05) is 12.8 Å². The van der Waals surface area contributed by atoms with Crippen molar-refractivity contribution in [2.45, 2.75) is 31.7 Å². The zero-order valence-corrected chi connectivity index (χ0v) is 13.7. The second-order valence-corrected chi connectivity index (χ2v) is 6.27. The molecule has 1 heterocycles. The van der Waals surface area contributed by atoms with Gasteiger partial charge in [0.1, 0.15) is 5.76 Å². The first kappa shape index (κ1) is 15.7. The normalized spacial score (nSPS) is 12.2. The summed E-state index contributed by atoms with van der Waals surface area (Å²) in [6.45, 7) is 6.11. The van der Waals surface area contributed by atoms with Crippen LogP contribution < -0.4 is 0 Å². The van der Waals surface area contributed by atoms with Crippen LogP contribution in [-0.4, -0.2) is 23.6 Å². The fourth-order valence-corrected chi connectivity index (χ4v) is 3.09. The number of furan rings is 1. The number of benzene rings is 1. The molecular formula is C17H21NO2S. The number of carbonyl (C=O) groups excluding carboxylic acids is 1. The zero-order chi connectivity index (χ0) is 15.4. The van der Waals surface area contributed by atoms with Crippen molar-refractivity contribution in [1.29, 1.82) is 0 Å². The Labute approximate surface area is 130 Å². The summed E-state index contributed by atoms with van der Waals surface area (Å²) < 4.78 is 5.36. The third-order valence-electron chi connectivity index (χ3n) is 3.62. The molecule has 0 aliphatic rings. The van der Waals surface area contributed by atoms with E-state index >= 15 is 0 Å². The van der Waals surface area contributed by atoms with Crippen molar-refractivity contribution < 1.29 is 9.21 Å². The van der Waals surface area contributed by atoms with Gasteiger partial charge < -0.3 is 9.32 Å². The minimum atomic E-state index is -0.0493. The van der Waals surface area contributed by atoms with Gasteiger partial charge in [0.25, 0.3) is 0 Å². The van der Waals surface area contributed by atoms with Crippen LogP contribution in [0.5, 0.6) is 0 Å². The van der Waals surface area contributed by atoms with Crippen molar-refractivity contribution >= 4 is 17.7 Å². The van der Waals surface area contributed by atoms with Gasteiger partial charge in [-0.3, -0.25) is 4.79 Å². The Bertz CT molecular complexity index is 607. The molecule has 1 aromatic carbocycles. The minimum Gasteiger partial charge on any atom is -0.467 e. The van der Waals surface area contributed by atoms with Crippen LogP contribution in [0.3, 0.4) is 0 Å². The van der Waals surface area contributed by atoms with E-state index in [4.69, 9.17) is 4.42 Å². The molecule has 0 spiro atoms. The topological polar surface area (TPSA) is 33.5 Å². The third-order valence-corrected chi connectivity index (χ3v) is 4.77. The molecular weight excluding hydrogens is 282 g/mol. The lowest BCUT2D eigenvalue weighted by molar-refractivity contribution is -0.129. The van der Waals surface area contributed by atoms with E-state index in [1.54, 1.807) is 22.9 Å². The highest BCUT2D eigenvalue weighted by molar-refractivity contribution is 8.00. The summed E-state index contributed by atoms with van der Waals surface area (Å²) in [6, 6.07) is 10.0. The molecule has 0 aliphatic carbocycles. The number of carbonyl (C=O) groups is 1. The Kier molecular flexibility index (Phi) is 5.12. The van der Waals surface area contributed by atoms with Crippen LogP contribution >= 0.6 is 11.8 Å². The Balaban J connectivity index is 1.96. The van der Waals surface area contributed by atoms with E-state index in [1.165, 1.54) is 16.0 Å². The van der Waals surface area contributed by atoms with Crippen molar-refractivity contribution in [3.05, 3.63) is 53.5 Å². The van der Waals surface area contributed by atoms with E-state index < -0.39 is 0 Å². The van der Waals surface area contributed by atoms with Gasteiger partial charge in [0.05, 0.1) is 18.1 Å². The van der Waals surface area contributed by atoms with Crippen LogP contribution in [0.1, 0.15) is 29.9 Å². The van der Waals surface area contributed by atoms with Crippen LogP contribution in [-0.2, 0) is 4.79 Å². The SMILES string of the molecule is Cc1ccc(C)c(SCC(=O)N(C)C(C)c2ccco2)c1. The summed E-state index contributed by atoms with van der Waals surface area (Å²) in [4.78, 5) is 15.2. The Morgan fingerprint density at radius 2 is 2.10 bits per heavy atom. The number of thioether (sulfide) groups is 1. The standard InChI is InChI=1S/C17H21NO2S/c1-12-7-8-13(2)16(10-12)21-11-17(19)18(4)14(3)15-6-5-9-20-15/h5-10,14H,11H2,1-4H3. The maximum Gasteiger partial charge on any atom is 0.233 e. The van der Waals surface area contributed by atoms with Crippen molar-refractivity contribution in [2.24, 2.45) is 0 Å². The average molecular weight is 303 g/mol. The van der Waals surface area contributed by atoms with Gasteiger partial charge in [-0.2, -0.15) is 0 Å². The predicted octanol–water partition coefficient (Wildman–Crippen LogP) is 4.21. The quantitative estimate of drug-likeness (QED) is 0.776. The first-order valence-electron chi connectivity index (χ1n) is 6.98. The van der Waals surface area contributed by atoms with Crippen LogP contribution in [0.4, 0.5) is 0 Å². The van der Waals surface area contributed by atoms with Gasteiger partial charge in [-0.05, 0) is 44.5 Å². The number of hydrogen-bond donors (Lipinski definition) is 0. The van der Waals surface area contributed by atoms with Gasteiger partial charge in [-0.15, -0.1) is 11.8 Å². The Hall–Kier alpha value is -1.68. The maximum absolute atomic E-state index is 12.3. The lowest BCUT2D eigenvalue weighted by Crippen LogP contribution is -2.30. The summed E-state index contributed by atoms with van der Waals surface area (Å²) in [5, 5.41) is 0. The van der Waals surface area contributed by atoms with E-state index in [9.17, 15) is 4.79 Å². The van der Waals surface area contributed by atoms with E-state index in [0.717, 1.165) is 5.76 Å². The molecule has 0 bridgehead atoms. The Morgan fingerprint density at radius 3 is 2.76 bits per heavy atom. The average Bonchev–Trinajstić information content (AvgIpc) is 3.00. The molecule has 0 radical (unpaired) electrons. The molecule has 1 amide bonds. The van der Waals surface area contributed by atoms with Gasteiger partial charge in [0, 0.05) is 11.9 Å². The van der Waals surface area contributed by atoms with Crippen LogP contribution in [0.25, 0.3) is 0 Å². The molecule has 0 saturated carbocycles. The van der Waals surface area contributed by atoms with Gasteiger partial charge in [-0.1, -0.05) is 17.7 Å². The minimum absolute atomic E-state index is 0.0493. The van der Waals surface area contributed by atoms with E-state index in [0.29, 0.717) is 5.75 Å². The van der Waals surface area contributed by atoms with E-state index in [1.807, 2.05) is 26.1 Å². The second-order valence-electron chi connectivity index (χ2n) is 5.25. The molecule has 0 N–H and O–H groups in total. The highest BCUT2D eigenvalue weighted by atomic mass is 32.2. The van der Waals surface area contributed by atoms with Gasteiger partial charge in [0.2, 0.25) is 5.91 Å². The van der Waals surface area contributed by atoms with Crippen molar-refractivity contribution in [1.82, 2.24) is 4.90 Å². The fourth-order valence-electron chi connectivity index (χ4n) is 2.04. The second kappa shape index (κ2) is 6.85. The zero-order valence-electron chi connectivity index (χ0n) is 12.9. The maximum atomic E-state index is 12.3. The van der Waals surface area contributed by atoms with E-state index in [-0.39, 0.29) is 11.9 Å². The molecule has 112 valence electrons. The predicted molar refractivity (Wildman–Crippen MR) is 86.5 cm³/mol. The molecule has 3 nitrogen and oxygen atoms in total. The molecule has 2 aromatic rings. The molecule has 1 aromatic heterocycles. The Morgan fingerprint density at radius 1 is 1.33 bits per heavy atom. The molecule has 0 fully saturated rings. The van der Waals surface area contributed by atoms with Gasteiger partial charge in [-0.25, -0.2) is 0 Å². The molecule has 2 rings (SSSR count). The molecule has 1 atom stereocenters. The molecule has 21 heavy (non-hydrogen) atoms. The number of nitrogens with zero attached hydrogens (tertiary/aromatic N) is 1. The molecule has 1 unspecified atom stereocenters. The highest BCUT2D eigenvalue weighted by Gasteiger charge is 2.19. The van der Waals surface area contributed by atoms with Crippen LogP contribution in [0.2, 0.25) is 0 Å². The molecule has 0 saturated heterocycles. The number of rotatable bonds is 5. The number of hydrogen-bond acceptors (Lipinski definition) is 3. The molecule has 0 aliphatic heterocycles. The largest absolute Gasteiger partial charge is 0.467 e. The van der Waals surface area contributed by atoms with E-state index in [2.05, 4.69) is 32.0 Å². The fraction of sp³-hybridized carbons (Fsp3) is 0.353. The number of aryl methyl sites for hydroxylation is 2. The first-order valence-corrected chi connectivity index (χ1v) is 7.96.